The van der Waals surface area contributed by atoms with Crippen LogP contribution in [0.3, 0.4) is 0 Å². The number of hydrogen-bond acceptors (Lipinski definition) is 5. The van der Waals surface area contributed by atoms with Crippen LogP contribution in [0.5, 0.6) is 0 Å². The van der Waals surface area contributed by atoms with Crippen molar-refractivity contribution in [3.63, 3.8) is 0 Å². The molecule has 1 aliphatic rings. The van der Waals surface area contributed by atoms with Crippen LogP contribution in [-0.4, -0.2) is 39.9 Å². The second-order valence-electron chi connectivity index (χ2n) is 7.99. The van der Waals surface area contributed by atoms with E-state index < -0.39 is 24.9 Å². The molecule has 2 heterocycles. The van der Waals surface area contributed by atoms with Gasteiger partial charge in [-0.1, -0.05) is 60.7 Å². The molecule has 0 fully saturated rings. The summed E-state index contributed by atoms with van der Waals surface area (Å²) in [6, 6.07) is 18.4. The Morgan fingerprint density at radius 2 is 1.69 bits per heavy atom. The topological polar surface area (TPSA) is 90.5 Å². The molecule has 0 bridgehead atoms. The SMILES string of the molecule is Nc1nc2c(c(=O)n1C(c1ccccc1)c1ccccc1)CCN(C(=O)OC/C=C/C(F)(F)F)C2. The molecule has 7 nitrogen and oxygen atoms in total. The number of alkyl halides is 3. The minimum absolute atomic E-state index is 0.00483. The molecule has 0 radical (unpaired) electrons. The quantitative estimate of drug-likeness (QED) is 0.552. The monoisotopic (exact) mass is 484 g/mol. The molecule has 0 saturated carbocycles. The van der Waals surface area contributed by atoms with E-state index in [1.807, 2.05) is 60.7 Å². The van der Waals surface area contributed by atoms with Crippen LogP contribution < -0.4 is 11.3 Å². The summed E-state index contributed by atoms with van der Waals surface area (Å²) in [5.41, 5.74) is 8.50. The minimum Gasteiger partial charge on any atom is -0.445 e. The Labute approximate surface area is 199 Å². The Hall–Kier alpha value is -4.08. The van der Waals surface area contributed by atoms with E-state index in [1.165, 1.54) is 9.47 Å². The molecule has 0 saturated heterocycles. The Bertz CT molecular complexity index is 1240. The zero-order valence-electron chi connectivity index (χ0n) is 18.6. The molecule has 3 aromatic rings. The summed E-state index contributed by atoms with van der Waals surface area (Å²) in [4.78, 5) is 31.6. The lowest BCUT2D eigenvalue weighted by Crippen LogP contribution is -2.42. The zero-order valence-corrected chi connectivity index (χ0v) is 18.6. The first-order valence-electron chi connectivity index (χ1n) is 10.9. The normalized spacial score (nSPS) is 13.8. The van der Waals surface area contributed by atoms with Gasteiger partial charge in [0.15, 0.2) is 0 Å². The van der Waals surface area contributed by atoms with Crippen molar-refractivity contribution in [3.8, 4) is 0 Å². The Morgan fingerprint density at radius 1 is 1.09 bits per heavy atom. The van der Waals surface area contributed by atoms with Crippen LogP contribution >= 0.6 is 0 Å². The fraction of sp³-hybridized carbons (Fsp3) is 0.240. The van der Waals surface area contributed by atoms with Crippen molar-refractivity contribution in [2.45, 2.75) is 25.2 Å². The van der Waals surface area contributed by atoms with Gasteiger partial charge in [0.05, 0.1) is 18.3 Å². The standard InChI is InChI=1S/C25H23F3N4O3/c26-25(27,28)13-7-15-35-24(34)31-14-12-19-20(16-31)30-23(29)32(22(19)33)21(17-8-3-1-4-9-17)18-10-5-2-6-11-18/h1-11,13,21H,12,14-16H2,(H2,29,30)/b13-7+. The molecule has 1 amide bonds. The van der Waals surface area contributed by atoms with Gasteiger partial charge in [0.25, 0.3) is 5.56 Å². The summed E-state index contributed by atoms with van der Waals surface area (Å²) < 4.78 is 42.9. The fourth-order valence-electron chi connectivity index (χ4n) is 4.08. The lowest BCUT2D eigenvalue weighted by Gasteiger charge is -2.29. The molecule has 0 atom stereocenters. The number of aromatic nitrogens is 2. The minimum atomic E-state index is -4.48. The van der Waals surface area contributed by atoms with Gasteiger partial charge in [0, 0.05) is 18.2 Å². The first-order valence-corrected chi connectivity index (χ1v) is 10.9. The zero-order chi connectivity index (χ0) is 25.0. The number of nitrogens with two attached hydrogens (primary N) is 1. The average molecular weight is 484 g/mol. The number of nitrogens with zero attached hydrogens (tertiary/aromatic N) is 3. The molecule has 35 heavy (non-hydrogen) atoms. The van der Waals surface area contributed by atoms with E-state index in [2.05, 4.69) is 4.98 Å². The van der Waals surface area contributed by atoms with Crippen LogP contribution in [0.25, 0.3) is 0 Å². The van der Waals surface area contributed by atoms with Crippen LogP contribution in [0.1, 0.15) is 28.4 Å². The first-order chi connectivity index (χ1) is 16.7. The number of amides is 1. The van der Waals surface area contributed by atoms with Gasteiger partial charge < -0.3 is 15.4 Å². The van der Waals surface area contributed by atoms with Crippen molar-refractivity contribution in [1.29, 1.82) is 0 Å². The van der Waals surface area contributed by atoms with Crippen LogP contribution in [0.15, 0.2) is 77.6 Å². The second kappa shape index (κ2) is 10.0. The number of allylic oxidation sites excluding steroid dienone is 1. The molecule has 4 rings (SSSR count). The predicted octanol–water partition coefficient (Wildman–Crippen LogP) is 4.08. The van der Waals surface area contributed by atoms with Crippen LogP contribution in [0, 0.1) is 0 Å². The smallest absolute Gasteiger partial charge is 0.410 e. The molecule has 0 unspecified atom stereocenters. The number of carbonyl (C=O) groups excluding carboxylic acids is 1. The number of benzene rings is 2. The molecule has 1 aromatic heterocycles. The van der Waals surface area contributed by atoms with Gasteiger partial charge in [-0.05, 0) is 23.6 Å². The van der Waals surface area contributed by atoms with E-state index in [0.29, 0.717) is 11.3 Å². The molecule has 10 heteroatoms. The molecule has 182 valence electrons. The van der Waals surface area contributed by atoms with Crippen molar-refractivity contribution in [3.05, 3.63) is 106 Å². The van der Waals surface area contributed by atoms with Crippen molar-refractivity contribution in [2.75, 3.05) is 18.9 Å². The summed E-state index contributed by atoms with van der Waals surface area (Å²) >= 11 is 0. The van der Waals surface area contributed by atoms with E-state index in [-0.39, 0.29) is 37.1 Å². The Morgan fingerprint density at radius 3 is 2.26 bits per heavy atom. The summed E-state index contributed by atoms with van der Waals surface area (Å²) in [6.45, 7) is -0.384. The highest BCUT2D eigenvalue weighted by atomic mass is 19.4. The Balaban J connectivity index is 1.62. The van der Waals surface area contributed by atoms with Crippen LogP contribution in [0.2, 0.25) is 0 Å². The third-order valence-corrected chi connectivity index (χ3v) is 5.65. The van der Waals surface area contributed by atoms with Crippen LogP contribution in [0.4, 0.5) is 23.9 Å². The molecule has 1 aliphatic heterocycles. The lowest BCUT2D eigenvalue weighted by atomic mass is 9.97. The largest absolute Gasteiger partial charge is 0.445 e. The Kier molecular flexibility index (Phi) is 6.90. The van der Waals surface area contributed by atoms with Gasteiger partial charge in [-0.15, -0.1) is 0 Å². The number of hydrogen-bond donors (Lipinski definition) is 1. The number of fused-ring (bicyclic) bond motifs is 1. The van der Waals surface area contributed by atoms with Crippen molar-refractivity contribution < 1.29 is 22.7 Å². The highest BCUT2D eigenvalue weighted by Gasteiger charge is 2.29. The molecule has 0 spiro atoms. The number of rotatable bonds is 5. The van der Waals surface area contributed by atoms with Gasteiger partial charge in [0.1, 0.15) is 6.61 Å². The molecule has 0 aliphatic carbocycles. The highest BCUT2D eigenvalue weighted by molar-refractivity contribution is 5.68. The summed E-state index contributed by atoms with van der Waals surface area (Å²) in [6.07, 6.45) is -4.33. The number of nitrogen functional groups attached to an aromatic ring is 1. The molecular weight excluding hydrogens is 461 g/mol. The average Bonchev–Trinajstić information content (AvgIpc) is 2.84. The van der Waals surface area contributed by atoms with Crippen molar-refractivity contribution >= 4 is 12.0 Å². The van der Waals surface area contributed by atoms with Gasteiger partial charge in [0.2, 0.25) is 5.95 Å². The van der Waals surface area contributed by atoms with E-state index in [0.717, 1.165) is 17.2 Å². The van der Waals surface area contributed by atoms with Gasteiger partial charge >= 0.3 is 12.3 Å². The molecule has 2 aromatic carbocycles. The van der Waals surface area contributed by atoms with Crippen molar-refractivity contribution in [1.82, 2.24) is 14.5 Å². The number of ether oxygens (including phenoxy) is 1. The maximum atomic E-state index is 13.6. The van der Waals surface area contributed by atoms with E-state index >= 15 is 0 Å². The summed E-state index contributed by atoms with van der Waals surface area (Å²) in [7, 11) is 0. The number of halogens is 3. The van der Waals surface area contributed by atoms with E-state index in [9.17, 15) is 22.8 Å². The first kappa shape index (κ1) is 24.1. The van der Waals surface area contributed by atoms with E-state index in [1.54, 1.807) is 0 Å². The number of anilines is 1. The highest BCUT2D eigenvalue weighted by Crippen LogP contribution is 2.28. The number of carbonyl (C=O) groups is 1. The summed E-state index contributed by atoms with van der Waals surface area (Å²) in [5, 5.41) is 0. The maximum Gasteiger partial charge on any atom is 0.410 e. The maximum absolute atomic E-state index is 13.6. The molecule has 2 N–H and O–H groups in total. The molecular formula is C25H23F3N4O3. The van der Waals surface area contributed by atoms with E-state index in [4.69, 9.17) is 10.5 Å². The fourth-order valence-corrected chi connectivity index (χ4v) is 4.08. The third-order valence-electron chi connectivity index (χ3n) is 5.65. The van der Waals surface area contributed by atoms with Gasteiger partial charge in [-0.2, -0.15) is 13.2 Å². The second-order valence-corrected chi connectivity index (χ2v) is 7.99. The lowest BCUT2D eigenvalue weighted by molar-refractivity contribution is -0.0802. The van der Waals surface area contributed by atoms with Crippen molar-refractivity contribution in [2.24, 2.45) is 0 Å². The van der Waals surface area contributed by atoms with Gasteiger partial charge in [-0.3, -0.25) is 9.36 Å². The third kappa shape index (κ3) is 5.53. The summed E-state index contributed by atoms with van der Waals surface area (Å²) in [5.74, 6) is -0.00483. The van der Waals surface area contributed by atoms with Gasteiger partial charge in [-0.25, -0.2) is 9.78 Å². The van der Waals surface area contributed by atoms with Crippen LogP contribution in [-0.2, 0) is 17.7 Å². The predicted molar refractivity (Wildman–Crippen MR) is 124 cm³/mol.